The quantitative estimate of drug-likeness (QED) is 0.856. The third-order valence-corrected chi connectivity index (χ3v) is 3.41. The first-order chi connectivity index (χ1) is 9.11. The van der Waals surface area contributed by atoms with E-state index in [1.54, 1.807) is 7.11 Å². The Morgan fingerprint density at radius 3 is 3.00 bits per heavy atom. The molecule has 1 atom stereocenters. The number of benzene rings is 1. The van der Waals surface area contributed by atoms with E-state index >= 15 is 0 Å². The fraction of sp³-hybridized carbons (Fsp3) is 0.500. The van der Waals surface area contributed by atoms with Gasteiger partial charge < -0.3 is 20.1 Å². The molecule has 1 aliphatic heterocycles. The largest absolute Gasteiger partial charge is 0.495 e. The molecular formula is C14H20N2O3. The van der Waals surface area contributed by atoms with E-state index in [1.165, 1.54) is 0 Å². The van der Waals surface area contributed by atoms with Crippen molar-refractivity contribution in [2.75, 3.05) is 38.2 Å². The zero-order chi connectivity index (χ0) is 13.8. The molecule has 1 fully saturated rings. The lowest BCUT2D eigenvalue weighted by Crippen LogP contribution is -2.34. The zero-order valence-corrected chi connectivity index (χ0v) is 11.3. The van der Waals surface area contributed by atoms with Crippen LogP contribution in [0.4, 0.5) is 5.69 Å². The van der Waals surface area contributed by atoms with Crippen molar-refractivity contribution in [3.8, 4) is 5.75 Å². The molecule has 1 aromatic rings. The maximum absolute atomic E-state index is 11.2. The Hall–Kier alpha value is -1.75. The molecule has 1 aliphatic rings. The molecule has 1 heterocycles. The van der Waals surface area contributed by atoms with Gasteiger partial charge in [-0.2, -0.15) is 0 Å². The highest BCUT2D eigenvalue weighted by molar-refractivity contribution is 5.72. The molecule has 0 bridgehead atoms. The molecule has 5 nitrogen and oxygen atoms in total. The van der Waals surface area contributed by atoms with Crippen molar-refractivity contribution < 1.29 is 14.6 Å². The number of nitrogens with one attached hydrogen (secondary N) is 1. The highest BCUT2D eigenvalue weighted by Gasteiger charge is 2.25. The fourth-order valence-corrected chi connectivity index (χ4v) is 2.34. The maximum atomic E-state index is 11.2. The number of aryl methyl sites for hydroxylation is 1. The van der Waals surface area contributed by atoms with Crippen LogP contribution in [-0.2, 0) is 4.79 Å². The molecule has 0 aliphatic carbocycles. The number of nitrogens with zero attached hydrogens (tertiary/aromatic N) is 1. The zero-order valence-electron chi connectivity index (χ0n) is 11.3. The highest BCUT2D eigenvalue weighted by atomic mass is 16.5. The van der Waals surface area contributed by atoms with Crippen molar-refractivity contribution in [1.82, 2.24) is 5.32 Å². The van der Waals surface area contributed by atoms with Gasteiger partial charge in [0.1, 0.15) is 5.75 Å². The summed E-state index contributed by atoms with van der Waals surface area (Å²) in [6.45, 7) is 4.60. The van der Waals surface area contributed by atoms with Gasteiger partial charge in [-0.1, -0.05) is 6.07 Å². The number of rotatable bonds is 3. The average Bonchev–Trinajstić information content (AvgIpc) is 2.64. The van der Waals surface area contributed by atoms with Crippen LogP contribution in [-0.4, -0.2) is 44.4 Å². The van der Waals surface area contributed by atoms with Crippen LogP contribution in [0.25, 0.3) is 0 Å². The number of aliphatic carboxylic acids is 1. The number of hydrogen-bond donors (Lipinski definition) is 2. The fourth-order valence-electron chi connectivity index (χ4n) is 2.34. The number of anilines is 1. The van der Waals surface area contributed by atoms with Crippen molar-refractivity contribution >= 4 is 11.7 Å². The molecular weight excluding hydrogens is 244 g/mol. The Balaban J connectivity index is 2.28. The lowest BCUT2D eigenvalue weighted by Gasteiger charge is -2.26. The lowest BCUT2D eigenvalue weighted by molar-refractivity contribution is -0.141. The predicted molar refractivity (Wildman–Crippen MR) is 73.9 cm³/mol. The normalized spacial score (nSPS) is 19.9. The van der Waals surface area contributed by atoms with Crippen LogP contribution in [0.1, 0.15) is 5.56 Å². The SMILES string of the molecule is COc1ccc(C)cc1N1CCNCC(C(=O)O)C1. The third-order valence-electron chi connectivity index (χ3n) is 3.41. The number of carboxylic acid groups (broad SMARTS) is 1. The molecule has 0 saturated carbocycles. The van der Waals surface area contributed by atoms with E-state index < -0.39 is 11.9 Å². The summed E-state index contributed by atoms with van der Waals surface area (Å²) in [6.07, 6.45) is 0. The molecule has 1 unspecified atom stereocenters. The minimum absolute atomic E-state index is 0.396. The van der Waals surface area contributed by atoms with Gasteiger partial charge in [-0.05, 0) is 24.6 Å². The van der Waals surface area contributed by atoms with Gasteiger partial charge in [0.2, 0.25) is 0 Å². The molecule has 2 N–H and O–H groups in total. The Morgan fingerprint density at radius 1 is 1.53 bits per heavy atom. The smallest absolute Gasteiger partial charge is 0.309 e. The Kier molecular flexibility index (Phi) is 4.27. The lowest BCUT2D eigenvalue weighted by atomic mass is 10.1. The second-order valence-electron chi connectivity index (χ2n) is 4.86. The first kappa shape index (κ1) is 13.7. The van der Waals surface area contributed by atoms with Crippen molar-refractivity contribution in [2.24, 2.45) is 5.92 Å². The van der Waals surface area contributed by atoms with Crippen molar-refractivity contribution in [3.05, 3.63) is 23.8 Å². The molecule has 0 aromatic heterocycles. The average molecular weight is 264 g/mol. The van der Waals surface area contributed by atoms with Crippen LogP contribution in [0, 0.1) is 12.8 Å². The van der Waals surface area contributed by atoms with Crippen molar-refractivity contribution in [3.63, 3.8) is 0 Å². The van der Waals surface area contributed by atoms with Gasteiger partial charge in [0.05, 0.1) is 18.7 Å². The van der Waals surface area contributed by atoms with Gasteiger partial charge in [-0.15, -0.1) is 0 Å². The summed E-state index contributed by atoms with van der Waals surface area (Å²) < 4.78 is 5.38. The van der Waals surface area contributed by atoms with Crippen LogP contribution in [0.5, 0.6) is 5.75 Å². The number of carbonyl (C=O) groups is 1. The maximum Gasteiger partial charge on any atom is 0.309 e. The number of carboxylic acids is 1. The van der Waals surface area contributed by atoms with Gasteiger partial charge in [0.15, 0.2) is 0 Å². The highest BCUT2D eigenvalue weighted by Crippen LogP contribution is 2.30. The van der Waals surface area contributed by atoms with Gasteiger partial charge in [-0.3, -0.25) is 4.79 Å². The van der Waals surface area contributed by atoms with E-state index in [0.717, 1.165) is 30.1 Å². The van der Waals surface area contributed by atoms with Crippen molar-refractivity contribution in [1.29, 1.82) is 0 Å². The number of ether oxygens (including phenoxy) is 1. The van der Waals surface area contributed by atoms with E-state index in [9.17, 15) is 9.90 Å². The summed E-state index contributed by atoms with van der Waals surface area (Å²) in [4.78, 5) is 13.3. The van der Waals surface area contributed by atoms with E-state index in [0.29, 0.717) is 13.1 Å². The summed E-state index contributed by atoms with van der Waals surface area (Å²) in [6, 6.07) is 5.97. The monoisotopic (exact) mass is 264 g/mol. The summed E-state index contributed by atoms with van der Waals surface area (Å²) in [5, 5.41) is 12.4. The molecule has 5 heteroatoms. The van der Waals surface area contributed by atoms with Crippen LogP contribution < -0.4 is 15.0 Å². The van der Waals surface area contributed by atoms with Crippen LogP contribution in [0.15, 0.2) is 18.2 Å². The van der Waals surface area contributed by atoms with E-state index in [4.69, 9.17) is 4.74 Å². The van der Waals surface area contributed by atoms with Gasteiger partial charge in [0, 0.05) is 26.2 Å². The Bertz CT molecular complexity index is 462. The molecule has 19 heavy (non-hydrogen) atoms. The first-order valence-corrected chi connectivity index (χ1v) is 6.45. The summed E-state index contributed by atoms with van der Waals surface area (Å²) in [5.41, 5.74) is 2.11. The molecule has 104 valence electrons. The van der Waals surface area contributed by atoms with Crippen LogP contribution in [0.2, 0.25) is 0 Å². The van der Waals surface area contributed by atoms with Crippen LogP contribution in [0.3, 0.4) is 0 Å². The van der Waals surface area contributed by atoms with Gasteiger partial charge in [-0.25, -0.2) is 0 Å². The van der Waals surface area contributed by atoms with Crippen molar-refractivity contribution in [2.45, 2.75) is 6.92 Å². The van der Waals surface area contributed by atoms with Gasteiger partial charge in [0.25, 0.3) is 0 Å². The van der Waals surface area contributed by atoms with Crippen LogP contribution >= 0.6 is 0 Å². The number of methoxy groups -OCH3 is 1. The summed E-state index contributed by atoms with van der Waals surface area (Å²) >= 11 is 0. The predicted octanol–water partition coefficient (Wildman–Crippen LogP) is 1.11. The minimum atomic E-state index is -0.758. The van der Waals surface area contributed by atoms with E-state index in [2.05, 4.69) is 10.2 Å². The molecule has 1 saturated heterocycles. The van der Waals surface area contributed by atoms with E-state index in [-0.39, 0.29) is 0 Å². The summed E-state index contributed by atoms with van der Waals surface area (Å²) in [5.74, 6) is -0.365. The Labute approximate surface area is 113 Å². The standard InChI is InChI=1S/C14H20N2O3/c1-10-3-4-13(19-2)12(7-10)16-6-5-15-8-11(9-16)14(17)18/h3-4,7,11,15H,5-6,8-9H2,1-2H3,(H,17,18). The molecule has 1 aromatic carbocycles. The molecule has 0 radical (unpaired) electrons. The minimum Gasteiger partial charge on any atom is -0.495 e. The molecule has 0 amide bonds. The first-order valence-electron chi connectivity index (χ1n) is 6.45. The topological polar surface area (TPSA) is 61.8 Å². The molecule has 2 rings (SSSR count). The number of hydrogen-bond acceptors (Lipinski definition) is 4. The second-order valence-corrected chi connectivity index (χ2v) is 4.86. The second kappa shape index (κ2) is 5.93. The Morgan fingerprint density at radius 2 is 2.32 bits per heavy atom. The van der Waals surface area contributed by atoms with Gasteiger partial charge >= 0.3 is 5.97 Å². The van der Waals surface area contributed by atoms with E-state index in [1.807, 2.05) is 25.1 Å². The molecule has 0 spiro atoms. The third kappa shape index (κ3) is 3.17. The summed E-state index contributed by atoms with van der Waals surface area (Å²) in [7, 11) is 1.64.